The molecule has 19 heavy (non-hydrogen) atoms. The molecule has 0 amide bonds. The van der Waals surface area contributed by atoms with E-state index in [1.165, 1.54) is 41.7 Å². The van der Waals surface area contributed by atoms with E-state index in [4.69, 9.17) is 0 Å². The van der Waals surface area contributed by atoms with Crippen LogP contribution in [0.15, 0.2) is 11.5 Å². The molecule has 0 aliphatic rings. The molecule has 0 unspecified atom stereocenters. The summed E-state index contributed by atoms with van der Waals surface area (Å²) in [6, 6.07) is 0. The Bertz CT molecular complexity index is 389. The molecule has 1 aromatic heterocycles. The Morgan fingerprint density at radius 1 is 1.16 bits per heavy atom. The molecule has 0 aromatic carbocycles. The minimum absolute atomic E-state index is 0.217. The summed E-state index contributed by atoms with van der Waals surface area (Å²) in [5.74, 6) is 0.217. The highest BCUT2D eigenvalue weighted by molar-refractivity contribution is 7.10. The van der Waals surface area contributed by atoms with E-state index in [1.807, 2.05) is 18.3 Å². The molecule has 106 valence electrons. The zero-order valence-electron chi connectivity index (χ0n) is 12.5. The summed E-state index contributed by atoms with van der Waals surface area (Å²) >= 11 is 1.86. The van der Waals surface area contributed by atoms with E-state index in [0.29, 0.717) is 6.42 Å². The largest absolute Gasteiger partial charge is 0.295 e. The fourth-order valence-electron chi connectivity index (χ4n) is 2.03. The molecule has 0 saturated heterocycles. The van der Waals surface area contributed by atoms with Gasteiger partial charge in [-0.25, -0.2) is 0 Å². The molecule has 1 nitrogen and oxygen atoms in total. The number of ketones is 1. The predicted molar refractivity (Wildman–Crippen MR) is 85.9 cm³/mol. The van der Waals surface area contributed by atoms with Gasteiger partial charge in [-0.2, -0.15) is 0 Å². The molecule has 0 fully saturated rings. The molecule has 0 atom stereocenters. The number of rotatable bonds is 9. The van der Waals surface area contributed by atoms with Gasteiger partial charge in [0.15, 0.2) is 5.78 Å². The van der Waals surface area contributed by atoms with Crippen LogP contribution in [0.1, 0.15) is 68.9 Å². The Balaban J connectivity index is 2.89. The van der Waals surface area contributed by atoms with Gasteiger partial charge in [-0.3, -0.25) is 4.79 Å². The van der Waals surface area contributed by atoms with Crippen molar-refractivity contribution in [3.05, 3.63) is 27.5 Å². The zero-order valence-corrected chi connectivity index (χ0v) is 13.3. The maximum Gasteiger partial charge on any atom is 0.155 e. The first-order valence-corrected chi connectivity index (χ1v) is 8.40. The maximum absolute atomic E-state index is 11.5. The minimum Gasteiger partial charge on any atom is -0.295 e. The van der Waals surface area contributed by atoms with Crippen molar-refractivity contribution in [2.75, 3.05) is 0 Å². The van der Waals surface area contributed by atoms with E-state index in [9.17, 15) is 4.79 Å². The summed E-state index contributed by atoms with van der Waals surface area (Å²) in [4.78, 5) is 12.9. The zero-order chi connectivity index (χ0) is 14.1. The van der Waals surface area contributed by atoms with Crippen LogP contribution in [0.25, 0.3) is 6.08 Å². The van der Waals surface area contributed by atoms with Crippen molar-refractivity contribution in [1.29, 1.82) is 0 Å². The Morgan fingerprint density at radius 2 is 1.84 bits per heavy atom. The summed E-state index contributed by atoms with van der Waals surface area (Å²) in [7, 11) is 0. The quantitative estimate of drug-likeness (QED) is 0.551. The highest BCUT2D eigenvalue weighted by Crippen LogP contribution is 2.27. The van der Waals surface area contributed by atoms with E-state index in [-0.39, 0.29) is 5.78 Å². The van der Waals surface area contributed by atoms with E-state index < -0.39 is 0 Å². The summed E-state index contributed by atoms with van der Waals surface area (Å²) in [5.41, 5.74) is 2.76. The van der Waals surface area contributed by atoms with Gasteiger partial charge in [0.2, 0.25) is 0 Å². The van der Waals surface area contributed by atoms with Crippen LogP contribution < -0.4 is 0 Å². The van der Waals surface area contributed by atoms with Crippen molar-refractivity contribution in [2.45, 2.75) is 65.7 Å². The lowest BCUT2D eigenvalue weighted by Crippen LogP contribution is -1.92. The molecule has 0 aliphatic carbocycles. The van der Waals surface area contributed by atoms with Crippen LogP contribution in [0.2, 0.25) is 0 Å². The lowest BCUT2D eigenvalue weighted by Gasteiger charge is -2.03. The number of hydrogen-bond donors (Lipinski definition) is 0. The third kappa shape index (κ3) is 5.32. The second-order valence-corrected chi connectivity index (χ2v) is 5.92. The van der Waals surface area contributed by atoms with Crippen molar-refractivity contribution in [3.8, 4) is 0 Å². The van der Waals surface area contributed by atoms with Crippen LogP contribution >= 0.6 is 11.3 Å². The average Bonchev–Trinajstić information content (AvgIpc) is 2.82. The van der Waals surface area contributed by atoms with Gasteiger partial charge in [-0.1, -0.05) is 39.7 Å². The number of allylic oxidation sites excluding steroid dienone is 1. The standard InChI is InChI=1S/C17H26OS/c1-4-7-9-14-13-19-17(10-8-5-2)16(14)12-11-15(18)6-3/h11-13H,4-10H2,1-3H3/b12-11+. The minimum atomic E-state index is 0.217. The van der Waals surface area contributed by atoms with Gasteiger partial charge >= 0.3 is 0 Å². The first-order chi connectivity index (χ1) is 9.22. The van der Waals surface area contributed by atoms with E-state index in [1.54, 1.807) is 6.08 Å². The van der Waals surface area contributed by atoms with E-state index >= 15 is 0 Å². The van der Waals surface area contributed by atoms with Crippen molar-refractivity contribution < 1.29 is 4.79 Å². The Labute approximate surface area is 121 Å². The van der Waals surface area contributed by atoms with Crippen molar-refractivity contribution in [2.24, 2.45) is 0 Å². The van der Waals surface area contributed by atoms with Gasteiger partial charge in [0.1, 0.15) is 0 Å². The van der Waals surface area contributed by atoms with Crippen LogP contribution in [0.5, 0.6) is 0 Å². The van der Waals surface area contributed by atoms with Crippen molar-refractivity contribution in [3.63, 3.8) is 0 Å². The molecule has 2 heteroatoms. The SMILES string of the molecule is CCCCc1csc(CCCC)c1/C=C/C(=O)CC. The Hall–Kier alpha value is -0.890. The lowest BCUT2D eigenvalue weighted by atomic mass is 10.0. The summed E-state index contributed by atoms with van der Waals surface area (Å²) in [5, 5.41) is 2.29. The van der Waals surface area contributed by atoms with Gasteiger partial charge < -0.3 is 0 Å². The Morgan fingerprint density at radius 3 is 2.47 bits per heavy atom. The molecule has 0 saturated carbocycles. The molecule has 1 aromatic rings. The monoisotopic (exact) mass is 278 g/mol. The Kier molecular flexibility index (Phi) is 7.73. The topological polar surface area (TPSA) is 17.1 Å². The summed E-state index contributed by atoms with van der Waals surface area (Å²) in [6.45, 7) is 6.36. The predicted octanol–water partition coefficient (Wildman–Crippen LogP) is 5.43. The third-order valence-corrected chi connectivity index (χ3v) is 4.44. The van der Waals surface area contributed by atoms with Gasteiger partial charge in [-0.05, 0) is 48.3 Å². The second kappa shape index (κ2) is 9.08. The van der Waals surface area contributed by atoms with E-state index in [2.05, 4.69) is 25.3 Å². The molecule has 0 aliphatic heterocycles. The first-order valence-electron chi connectivity index (χ1n) is 7.53. The molecular formula is C17H26OS. The number of hydrogen-bond acceptors (Lipinski definition) is 2. The average molecular weight is 278 g/mol. The first kappa shape index (κ1) is 16.2. The van der Waals surface area contributed by atoms with Gasteiger partial charge in [0.05, 0.1) is 0 Å². The highest BCUT2D eigenvalue weighted by Gasteiger charge is 2.09. The summed E-state index contributed by atoms with van der Waals surface area (Å²) < 4.78 is 0. The number of unbranched alkanes of at least 4 members (excludes halogenated alkanes) is 2. The van der Waals surface area contributed by atoms with Crippen LogP contribution in [0, 0.1) is 0 Å². The van der Waals surface area contributed by atoms with Crippen LogP contribution in [0.4, 0.5) is 0 Å². The smallest absolute Gasteiger partial charge is 0.155 e. The van der Waals surface area contributed by atoms with Crippen LogP contribution in [-0.4, -0.2) is 5.78 Å². The second-order valence-electron chi connectivity index (χ2n) is 4.96. The molecular weight excluding hydrogens is 252 g/mol. The number of aryl methyl sites for hydroxylation is 2. The molecule has 1 rings (SSSR count). The lowest BCUT2D eigenvalue weighted by molar-refractivity contribution is -0.114. The molecule has 0 bridgehead atoms. The number of thiophene rings is 1. The summed E-state index contributed by atoms with van der Waals surface area (Å²) in [6.07, 6.45) is 11.6. The third-order valence-electron chi connectivity index (χ3n) is 3.33. The maximum atomic E-state index is 11.5. The fraction of sp³-hybridized carbons (Fsp3) is 0.588. The number of carbonyl (C=O) groups excluding carboxylic acids is 1. The van der Waals surface area contributed by atoms with Crippen LogP contribution in [0.3, 0.4) is 0 Å². The molecule has 0 spiro atoms. The van der Waals surface area contributed by atoms with Crippen molar-refractivity contribution in [1.82, 2.24) is 0 Å². The normalized spacial score (nSPS) is 11.3. The van der Waals surface area contributed by atoms with Gasteiger partial charge in [-0.15, -0.1) is 11.3 Å². The van der Waals surface area contributed by atoms with Gasteiger partial charge in [0, 0.05) is 11.3 Å². The fourth-order valence-corrected chi connectivity index (χ4v) is 3.15. The van der Waals surface area contributed by atoms with Gasteiger partial charge in [0.25, 0.3) is 0 Å². The number of carbonyl (C=O) groups is 1. The van der Waals surface area contributed by atoms with Crippen molar-refractivity contribution >= 4 is 23.2 Å². The molecule has 0 radical (unpaired) electrons. The van der Waals surface area contributed by atoms with E-state index in [0.717, 1.165) is 12.8 Å². The highest BCUT2D eigenvalue weighted by atomic mass is 32.1. The molecule has 0 N–H and O–H groups in total. The molecule has 1 heterocycles. The van der Waals surface area contributed by atoms with Crippen LogP contribution in [-0.2, 0) is 17.6 Å².